The van der Waals surface area contributed by atoms with Gasteiger partial charge >= 0.3 is 0 Å². The molecule has 0 saturated heterocycles. The van der Waals surface area contributed by atoms with Crippen LogP contribution in [0.2, 0.25) is 0 Å². The summed E-state index contributed by atoms with van der Waals surface area (Å²) in [6, 6.07) is 24.1. The molecule has 0 fully saturated rings. The maximum atomic E-state index is 9.97. The first kappa shape index (κ1) is 19.2. The van der Waals surface area contributed by atoms with Crippen molar-refractivity contribution < 1.29 is 5.11 Å². The first-order valence-electron chi connectivity index (χ1n) is 9.24. The number of rotatable bonds is 6. The Morgan fingerprint density at radius 3 is 2.04 bits per heavy atom. The van der Waals surface area contributed by atoms with Gasteiger partial charge in [-0.2, -0.15) is 0 Å². The highest BCUT2D eigenvalue weighted by atomic mass is 16.3. The molecule has 0 atom stereocenters. The van der Waals surface area contributed by atoms with Gasteiger partial charge in [0.2, 0.25) is 0 Å². The van der Waals surface area contributed by atoms with Crippen LogP contribution in [0.15, 0.2) is 109 Å². The molecule has 0 heterocycles. The van der Waals surface area contributed by atoms with E-state index in [-0.39, 0.29) is 5.75 Å². The second-order valence-electron chi connectivity index (χ2n) is 6.89. The number of anilines is 2. The van der Waals surface area contributed by atoms with E-state index in [1.807, 2.05) is 25.1 Å². The van der Waals surface area contributed by atoms with Crippen molar-refractivity contribution in [1.29, 1.82) is 0 Å². The van der Waals surface area contributed by atoms with E-state index in [9.17, 15) is 5.11 Å². The van der Waals surface area contributed by atoms with Crippen molar-refractivity contribution in [2.24, 2.45) is 0 Å². The van der Waals surface area contributed by atoms with Crippen molar-refractivity contribution in [3.8, 4) is 16.9 Å². The number of hydrogen-bond donors (Lipinski definition) is 1. The Morgan fingerprint density at radius 1 is 0.893 bits per heavy atom. The molecule has 0 spiro atoms. The maximum Gasteiger partial charge on any atom is 0.117 e. The van der Waals surface area contributed by atoms with Crippen LogP contribution >= 0.6 is 0 Å². The average molecular weight is 367 g/mol. The molecule has 0 unspecified atom stereocenters. The highest BCUT2D eigenvalue weighted by Crippen LogP contribution is 2.34. The molecular weight excluding hydrogens is 342 g/mol. The summed E-state index contributed by atoms with van der Waals surface area (Å²) in [4.78, 5) is 2.06. The van der Waals surface area contributed by atoms with E-state index < -0.39 is 0 Å². The summed E-state index contributed by atoms with van der Waals surface area (Å²) in [6.45, 7) is 12.0. The maximum absolute atomic E-state index is 9.97. The molecule has 140 valence electrons. The van der Waals surface area contributed by atoms with E-state index >= 15 is 0 Å². The highest BCUT2D eigenvalue weighted by molar-refractivity contribution is 5.74. The minimum Gasteiger partial charge on any atom is -0.508 e. The van der Waals surface area contributed by atoms with E-state index in [4.69, 9.17) is 0 Å². The lowest BCUT2D eigenvalue weighted by Gasteiger charge is -2.26. The van der Waals surface area contributed by atoms with E-state index in [1.54, 1.807) is 18.2 Å². The van der Waals surface area contributed by atoms with E-state index in [2.05, 4.69) is 73.5 Å². The molecule has 0 aliphatic heterocycles. The summed E-state index contributed by atoms with van der Waals surface area (Å²) >= 11 is 0. The fourth-order valence-corrected chi connectivity index (χ4v) is 3.10. The largest absolute Gasteiger partial charge is 0.508 e. The van der Waals surface area contributed by atoms with Crippen molar-refractivity contribution in [2.45, 2.75) is 13.8 Å². The minimum absolute atomic E-state index is 0.220. The molecular formula is C26H25NO. The Bertz CT molecular complexity index is 1010. The topological polar surface area (TPSA) is 23.5 Å². The molecule has 0 aliphatic rings. The number of hydrogen-bond acceptors (Lipinski definition) is 2. The van der Waals surface area contributed by atoms with Crippen molar-refractivity contribution >= 4 is 11.4 Å². The highest BCUT2D eigenvalue weighted by Gasteiger charge is 2.13. The van der Waals surface area contributed by atoms with Crippen LogP contribution in [0.4, 0.5) is 11.4 Å². The summed E-state index contributed by atoms with van der Waals surface area (Å²) in [6.07, 6.45) is 3.78. The predicted molar refractivity (Wildman–Crippen MR) is 120 cm³/mol. The molecule has 1 N–H and O–H groups in total. The van der Waals surface area contributed by atoms with Crippen molar-refractivity contribution in [1.82, 2.24) is 0 Å². The standard InChI is InChI=1S/C26H25NO/c1-5-23(17-19(2)3)27(25-7-6-8-26(28)18-25)24-15-13-22(14-16-24)21-11-9-20(4)10-12-21/h5-18,28H,1-2H2,3-4H3/b23-17+. The van der Waals surface area contributed by atoms with Gasteiger partial charge in [-0.05, 0) is 61.4 Å². The minimum atomic E-state index is 0.220. The zero-order valence-electron chi connectivity index (χ0n) is 16.4. The van der Waals surface area contributed by atoms with E-state index in [0.29, 0.717) is 0 Å². The quantitative estimate of drug-likeness (QED) is 0.468. The molecule has 2 heteroatoms. The third-order valence-corrected chi connectivity index (χ3v) is 4.46. The smallest absolute Gasteiger partial charge is 0.117 e. The number of benzene rings is 3. The number of allylic oxidation sites excluding steroid dienone is 3. The molecule has 0 bridgehead atoms. The van der Waals surface area contributed by atoms with Gasteiger partial charge in [-0.25, -0.2) is 0 Å². The molecule has 3 aromatic rings. The molecule has 28 heavy (non-hydrogen) atoms. The van der Waals surface area contributed by atoms with Crippen LogP contribution in [0, 0.1) is 6.92 Å². The number of phenolic OH excluding ortho intramolecular Hbond substituents is 1. The fraction of sp³-hybridized carbons (Fsp3) is 0.0769. The number of phenols is 1. The molecule has 2 nitrogen and oxygen atoms in total. The van der Waals surface area contributed by atoms with Crippen LogP contribution in [0.3, 0.4) is 0 Å². The van der Waals surface area contributed by atoms with Gasteiger partial charge in [0.25, 0.3) is 0 Å². The second-order valence-corrected chi connectivity index (χ2v) is 6.89. The zero-order chi connectivity index (χ0) is 20.1. The van der Waals surface area contributed by atoms with Gasteiger partial charge in [0.05, 0.1) is 0 Å². The Morgan fingerprint density at radius 2 is 1.50 bits per heavy atom. The first-order chi connectivity index (χ1) is 13.5. The summed E-state index contributed by atoms with van der Waals surface area (Å²) < 4.78 is 0. The van der Waals surface area contributed by atoms with E-state index in [1.165, 1.54) is 11.1 Å². The van der Waals surface area contributed by atoms with Crippen LogP contribution in [0.25, 0.3) is 11.1 Å². The molecule has 0 aliphatic carbocycles. The van der Waals surface area contributed by atoms with Crippen LogP contribution in [0.1, 0.15) is 12.5 Å². The molecule has 0 radical (unpaired) electrons. The SMILES string of the molecule is C=C/C(=C\C(=C)C)N(c1ccc(-c2ccc(C)cc2)cc1)c1cccc(O)c1. The lowest BCUT2D eigenvalue weighted by atomic mass is 10.0. The van der Waals surface area contributed by atoms with Gasteiger partial charge < -0.3 is 10.0 Å². The first-order valence-corrected chi connectivity index (χ1v) is 9.24. The summed E-state index contributed by atoms with van der Waals surface area (Å²) in [5.41, 5.74) is 7.24. The second kappa shape index (κ2) is 8.45. The van der Waals surface area contributed by atoms with E-state index in [0.717, 1.165) is 28.2 Å². The van der Waals surface area contributed by atoms with Gasteiger partial charge in [0, 0.05) is 23.1 Å². The third-order valence-electron chi connectivity index (χ3n) is 4.46. The lowest BCUT2D eigenvalue weighted by molar-refractivity contribution is 0.475. The van der Waals surface area contributed by atoms with Crippen molar-refractivity contribution in [3.63, 3.8) is 0 Å². The Labute approximate surface area is 167 Å². The van der Waals surface area contributed by atoms with Crippen molar-refractivity contribution in [2.75, 3.05) is 4.90 Å². The molecule has 0 saturated carbocycles. The van der Waals surface area contributed by atoms with Gasteiger partial charge in [-0.15, -0.1) is 0 Å². The third kappa shape index (κ3) is 4.41. The monoisotopic (exact) mass is 367 g/mol. The van der Waals surface area contributed by atoms with Crippen molar-refractivity contribution in [3.05, 3.63) is 115 Å². The summed E-state index contributed by atoms with van der Waals surface area (Å²) in [7, 11) is 0. The number of aryl methyl sites for hydroxylation is 1. The molecule has 3 aromatic carbocycles. The normalized spacial score (nSPS) is 11.1. The molecule has 0 aromatic heterocycles. The Hall–Kier alpha value is -3.52. The van der Waals surface area contributed by atoms with Gasteiger partial charge in [-0.3, -0.25) is 0 Å². The fourth-order valence-electron chi connectivity index (χ4n) is 3.10. The predicted octanol–water partition coefficient (Wildman–Crippen LogP) is 7.15. The number of aromatic hydroxyl groups is 1. The summed E-state index contributed by atoms with van der Waals surface area (Å²) in [5, 5.41) is 9.97. The zero-order valence-corrected chi connectivity index (χ0v) is 16.4. The van der Waals surface area contributed by atoms with Gasteiger partial charge in [0.15, 0.2) is 0 Å². The molecule has 3 rings (SSSR count). The Balaban J connectivity index is 2.06. The van der Waals surface area contributed by atoms with Crippen LogP contribution in [-0.4, -0.2) is 5.11 Å². The van der Waals surface area contributed by atoms with Gasteiger partial charge in [0.1, 0.15) is 5.75 Å². The van der Waals surface area contributed by atoms with Crippen LogP contribution in [0.5, 0.6) is 5.75 Å². The molecule has 0 amide bonds. The average Bonchev–Trinajstić information content (AvgIpc) is 2.68. The van der Waals surface area contributed by atoms with Gasteiger partial charge in [-0.1, -0.05) is 66.8 Å². The Kier molecular flexibility index (Phi) is 5.81. The van der Waals surface area contributed by atoms with Crippen LogP contribution in [-0.2, 0) is 0 Å². The van der Waals surface area contributed by atoms with Crippen LogP contribution < -0.4 is 4.90 Å². The number of nitrogens with zero attached hydrogens (tertiary/aromatic N) is 1. The lowest BCUT2D eigenvalue weighted by Crippen LogP contribution is -2.15. The summed E-state index contributed by atoms with van der Waals surface area (Å²) in [5.74, 6) is 0.220.